The lowest BCUT2D eigenvalue weighted by Gasteiger charge is -2.30. The fourth-order valence-electron chi connectivity index (χ4n) is 3.31. The Morgan fingerprint density at radius 3 is 2.52 bits per heavy atom. The smallest absolute Gasteiger partial charge is 0.248 e. The van der Waals surface area contributed by atoms with E-state index in [0.717, 1.165) is 5.56 Å². The molecule has 0 saturated carbocycles. The van der Waals surface area contributed by atoms with Gasteiger partial charge in [-0.3, -0.25) is 4.79 Å². The van der Waals surface area contributed by atoms with Crippen LogP contribution in [0.1, 0.15) is 29.9 Å². The second kappa shape index (κ2) is 7.61. The molecule has 1 aromatic carbocycles. The predicted molar refractivity (Wildman–Crippen MR) is 102 cm³/mol. The summed E-state index contributed by atoms with van der Waals surface area (Å²) in [5.41, 5.74) is 1.84. The topological polar surface area (TPSA) is 92.5 Å². The van der Waals surface area contributed by atoms with Gasteiger partial charge in [0.1, 0.15) is 10.6 Å². The summed E-state index contributed by atoms with van der Waals surface area (Å²) in [6, 6.07) is 5.35. The van der Waals surface area contributed by atoms with E-state index < -0.39 is 10.0 Å². The van der Waals surface area contributed by atoms with Crippen molar-refractivity contribution in [3.05, 3.63) is 40.2 Å². The van der Waals surface area contributed by atoms with Gasteiger partial charge in [0.2, 0.25) is 15.9 Å². The summed E-state index contributed by atoms with van der Waals surface area (Å²) < 4.78 is 32.1. The van der Waals surface area contributed by atoms with Crippen molar-refractivity contribution in [1.29, 1.82) is 0 Å². The van der Waals surface area contributed by atoms with E-state index >= 15 is 0 Å². The molecule has 146 valence electrons. The Bertz CT molecular complexity index is 943. The summed E-state index contributed by atoms with van der Waals surface area (Å²) in [7, 11) is -3.67. The maximum Gasteiger partial charge on any atom is 0.248 e. The lowest BCUT2D eigenvalue weighted by molar-refractivity contribution is -0.120. The molecule has 2 heterocycles. The molecule has 7 nitrogen and oxygen atoms in total. The van der Waals surface area contributed by atoms with Gasteiger partial charge in [-0.1, -0.05) is 22.8 Å². The minimum Gasteiger partial charge on any atom is -0.360 e. The molecule has 0 spiro atoms. The summed E-state index contributed by atoms with van der Waals surface area (Å²) in [5.74, 6) is -0.0851. The van der Waals surface area contributed by atoms with E-state index in [9.17, 15) is 13.2 Å². The molecule has 0 atom stereocenters. The van der Waals surface area contributed by atoms with Crippen molar-refractivity contribution < 1.29 is 17.7 Å². The van der Waals surface area contributed by atoms with E-state index in [-0.39, 0.29) is 35.6 Å². The molecule has 0 aliphatic carbocycles. The van der Waals surface area contributed by atoms with Gasteiger partial charge in [-0.25, -0.2) is 8.42 Å². The third-order valence-electron chi connectivity index (χ3n) is 4.92. The number of sulfonamides is 1. The first kappa shape index (κ1) is 19.9. The zero-order valence-electron chi connectivity index (χ0n) is 15.5. The molecule has 0 radical (unpaired) electrons. The number of carbonyl (C=O) groups excluding carboxylic acids is 1. The second-order valence-corrected chi connectivity index (χ2v) is 9.02. The van der Waals surface area contributed by atoms with Gasteiger partial charge in [-0.05, 0) is 51.3 Å². The van der Waals surface area contributed by atoms with Crippen LogP contribution in [0.4, 0.5) is 5.69 Å². The largest absolute Gasteiger partial charge is 0.360 e. The van der Waals surface area contributed by atoms with Gasteiger partial charge in [-0.2, -0.15) is 4.31 Å². The number of anilines is 1. The SMILES string of the molecule is Cc1noc(C)c1S(=O)(=O)N1CCC(C(=O)Nc2cccc(Cl)c2C)CC1. The quantitative estimate of drug-likeness (QED) is 0.833. The van der Waals surface area contributed by atoms with Gasteiger partial charge in [0.25, 0.3) is 0 Å². The predicted octanol–water partition coefficient (Wildman–Crippen LogP) is 3.29. The zero-order chi connectivity index (χ0) is 19.8. The number of rotatable bonds is 4. The molecule has 1 fully saturated rings. The average Bonchev–Trinajstić information content (AvgIpc) is 2.98. The number of aromatic nitrogens is 1. The van der Waals surface area contributed by atoms with Gasteiger partial charge in [0.15, 0.2) is 5.76 Å². The normalized spacial score (nSPS) is 16.4. The maximum absolute atomic E-state index is 12.9. The Morgan fingerprint density at radius 1 is 1.26 bits per heavy atom. The molecule has 0 unspecified atom stereocenters. The van der Waals surface area contributed by atoms with Crippen LogP contribution in [0.25, 0.3) is 0 Å². The Labute approximate surface area is 163 Å². The van der Waals surface area contributed by atoms with Crippen molar-refractivity contribution in [2.24, 2.45) is 5.92 Å². The molecule has 1 aliphatic rings. The van der Waals surface area contributed by atoms with Crippen molar-refractivity contribution in [1.82, 2.24) is 9.46 Å². The van der Waals surface area contributed by atoms with Gasteiger partial charge in [0, 0.05) is 29.7 Å². The van der Waals surface area contributed by atoms with Crippen LogP contribution < -0.4 is 5.32 Å². The maximum atomic E-state index is 12.9. The highest BCUT2D eigenvalue weighted by Crippen LogP contribution is 2.29. The first-order valence-corrected chi connectivity index (χ1v) is 10.5. The van der Waals surface area contributed by atoms with Crippen molar-refractivity contribution in [3.63, 3.8) is 0 Å². The molecule has 2 aromatic rings. The number of amides is 1. The first-order valence-electron chi connectivity index (χ1n) is 8.71. The number of nitrogens with one attached hydrogen (secondary N) is 1. The molecule has 27 heavy (non-hydrogen) atoms. The van der Waals surface area contributed by atoms with Crippen molar-refractivity contribution in [2.45, 2.75) is 38.5 Å². The van der Waals surface area contributed by atoms with E-state index in [0.29, 0.717) is 29.2 Å². The minimum absolute atomic E-state index is 0.116. The number of hydrogen-bond acceptors (Lipinski definition) is 5. The highest BCUT2D eigenvalue weighted by molar-refractivity contribution is 7.89. The van der Waals surface area contributed by atoms with Crippen LogP contribution in [0, 0.1) is 26.7 Å². The summed E-state index contributed by atoms with van der Waals surface area (Å²) in [5, 5.41) is 7.22. The van der Waals surface area contributed by atoms with Crippen molar-refractivity contribution in [2.75, 3.05) is 18.4 Å². The molecule has 1 aliphatic heterocycles. The Hall–Kier alpha value is -1.90. The van der Waals surface area contributed by atoms with Gasteiger partial charge >= 0.3 is 0 Å². The van der Waals surface area contributed by atoms with Crippen molar-refractivity contribution >= 4 is 33.2 Å². The van der Waals surface area contributed by atoms with E-state index in [4.69, 9.17) is 16.1 Å². The number of nitrogens with zero attached hydrogens (tertiary/aromatic N) is 2. The highest BCUT2D eigenvalue weighted by Gasteiger charge is 2.35. The molecular formula is C18H22ClN3O4S. The second-order valence-electron chi connectivity index (χ2n) is 6.73. The van der Waals surface area contributed by atoms with Crippen LogP contribution in [0.15, 0.2) is 27.6 Å². The highest BCUT2D eigenvalue weighted by atomic mass is 35.5. The third-order valence-corrected chi connectivity index (χ3v) is 7.47. The molecule has 0 bridgehead atoms. The third kappa shape index (κ3) is 3.88. The van der Waals surface area contributed by atoms with Crippen LogP contribution >= 0.6 is 11.6 Å². The molecule has 1 aromatic heterocycles. The molecule has 1 saturated heterocycles. The monoisotopic (exact) mass is 411 g/mol. The minimum atomic E-state index is -3.67. The molecule has 1 N–H and O–H groups in total. The van der Waals surface area contributed by atoms with Crippen LogP contribution in [0.2, 0.25) is 5.02 Å². The fourth-order valence-corrected chi connectivity index (χ4v) is 5.24. The van der Waals surface area contributed by atoms with Crippen molar-refractivity contribution in [3.8, 4) is 0 Å². The summed E-state index contributed by atoms with van der Waals surface area (Å²) >= 11 is 6.09. The van der Waals surface area contributed by atoms with Crippen LogP contribution in [0.5, 0.6) is 0 Å². The summed E-state index contributed by atoms with van der Waals surface area (Å²) in [6.45, 7) is 5.59. The zero-order valence-corrected chi connectivity index (χ0v) is 17.0. The standard InChI is InChI=1S/C18H22ClN3O4S/c1-11-15(19)5-4-6-16(11)20-18(23)14-7-9-22(10-8-14)27(24,25)17-12(2)21-26-13(17)3/h4-6,14H,7-10H2,1-3H3,(H,20,23). The first-order chi connectivity index (χ1) is 12.7. The molecule has 1 amide bonds. The number of piperidine rings is 1. The van der Waals surface area contributed by atoms with Gasteiger partial charge in [0.05, 0.1) is 0 Å². The lowest BCUT2D eigenvalue weighted by Crippen LogP contribution is -2.41. The molecular weight excluding hydrogens is 390 g/mol. The van der Waals surface area contributed by atoms with E-state index in [2.05, 4.69) is 10.5 Å². The van der Waals surface area contributed by atoms with Crippen LogP contribution in [-0.4, -0.2) is 36.9 Å². The van der Waals surface area contributed by atoms with Crippen LogP contribution in [0.3, 0.4) is 0 Å². The Kier molecular flexibility index (Phi) is 5.60. The van der Waals surface area contributed by atoms with E-state index in [1.54, 1.807) is 32.0 Å². The average molecular weight is 412 g/mol. The molecule has 3 rings (SSSR count). The number of halogens is 1. The number of carbonyl (C=O) groups is 1. The van der Waals surface area contributed by atoms with Gasteiger partial charge in [-0.15, -0.1) is 0 Å². The van der Waals surface area contributed by atoms with Gasteiger partial charge < -0.3 is 9.84 Å². The number of aryl methyl sites for hydroxylation is 2. The lowest BCUT2D eigenvalue weighted by atomic mass is 9.97. The Morgan fingerprint density at radius 2 is 1.93 bits per heavy atom. The number of hydrogen-bond donors (Lipinski definition) is 1. The van der Waals surface area contributed by atoms with E-state index in [1.165, 1.54) is 4.31 Å². The summed E-state index contributed by atoms with van der Waals surface area (Å²) in [6.07, 6.45) is 0.905. The summed E-state index contributed by atoms with van der Waals surface area (Å²) in [4.78, 5) is 12.7. The fraction of sp³-hybridized carbons (Fsp3) is 0.444. The van der Waals surface area contributed by atoms with E-state index in [1.807, 2.05) is 6.92 Å². The Balaban J connectivity index is 1.66. The van der Waals surface area contributed by atoms with Crippen LogP contribution in [-0.2, 0) is 14.8 Å². The molecule has 9 heteroatoms. The number of benzene rings is 1.